The number of hydrogen-bond acceptors (Lipinski definition) is 5. The normalized spacial score (nSPS) is 13.9. The maximum atomic E-state index is 13.3. The molecule has 3 aliphatic heterocycles. The van der Waals surface area contributed by atoms with Crippen molar-refractivity contribution in [2.45, 2.75) is 70.1 Å². The molecular weight excluding hydrogens is 410 g/mol. The molecule has 31 heavy (non-hydrogen) atoms. The molecule has 8 heteroatoms. The number of carbonyl (C=O) groups excluding carboxylic acids is 1. The van der Waals surface area contributed by atoms with E-state index in [0.29, 0.717) is 17.1 Å². The number of benzene rings is 1. The zero-order valence-electron chi connectivity index (χ0n) is 18.1. The van der Waals surface area contributed by atoms with E-state index in [1.165, 1.54) is 16.4 Å². The number of nitrogens with one attached hydrogen (secondary N) is 1. The average molecular weight is 440 g/mol. The van der Waals surface area contributed by atoms with Gasteiger partial charge in [0, 0.05) is 18.3 Å². The molecule has 1 N–H and O–H groups in total. The van der Waals surface area contributed by atoms with Crippen molar-refractivity contribution in [3.8, 4) is 17.1 Å². The van der Waals surface area contributed by atoms with Crippen molar-refractivity contribution >= 4 is 17.7 Å². The second-order valence-electron chi connectivity index (χ2n) is 7.92. The number of fused-ring (bicyclic) bond motifs is 3. The van der Waals surface area contributed by atoms with Crippen LogP contribution in [0.25, 0.3) is 17.1 Å². The summed E-state index contributed by atoms with van der Waals surface area (Å²) in [6, 6.07) is 9.65. The van der Waals surface area contributed by atoms with Crippen molar-refractivity contribution in [3.05, 3.63) is 46.4 Å². The number of hydrogen-bond donors (Lipinski definition) is 1. The van der Waals surface area contributed by atoms with Gasteiger partial charge in [0.15, 0.2) is 11.0 Å². The van der Waals surface area contributed by atoms with Gasteiger partial charge < -0.3 is 9.88 Å². The highest BCUT2D eigenvalue weighted by atomic mass is 32.2. The second kappa shape index (κ2) is 9.68. The minimum absolute atomic E-state index is 0.0166. The molecule has 0 fully saturated rings. The quantitative estimate of drug-likeness (QED) is 0.449. The smallest absolute Gasteiger partial charge is 0.284 e. The average Bonchev–Trinajstić information content (AvgIpc) is 2.96. The first-order chi connectivity index (χ1) is 15.1. The molecule has 1 aromatic rings. The second-order valence-corrected chi connectivity index (χ2v) is 8.87. The van der Waals surface area contributed by atoms with E-state index < -0.39 is 0 Å². The number of nitrogens with zero attached hydrogens (tertiary/aromatic N) is 4. The van der Waals surface area contributed by atoms with Gasteiger partial charge >= 0.3 is 0 Å². The highest BCUT2D eigenvalue weighted by Crippen LogP contribution is 2.30. The summed E-state index contributed by atoms with van der Waals surface area (Å²) in [6.45, 7) is 4.97. The van der Waals surface area contributed by atoms with Gasteiger partial charge in [0.2, 0.25) is 5.91 Å². The molecule has 0 spiro atoms. The van der Waals surface area contributed by atoms with Gasteiger partial charge in [0.05, 0.1) is 11.4 Å². The van der Waals surface area contributed by atoms with E-state index in [2.05, 4.69) is 28.8 Å². The van der Waals surface area contributed by atoms with E-state index >= 15 is 0 Å². The fourth-order valence-electron chi connectivity index (χ4n) is 4.10. The number of thioether (sulfide) groups is 1. The molecule has 0 saturated carbocycles. The molecule has 0 saturated heterocycles. The number of para-hydroxylation sites is 1. The van der Waals surface area contributed by atoms with E-state index in [1.807, 2.05) is 30.3 Å². The zero-order valence-corrected chi connectivity index (χ0v) is 19.0. The van der Waals surface area contributed by atoms with Gasteiger partial charge in [0.1, 0.15) is 5.56 Å². The molecule has 0 atom stereocenters. The zero-order chi connectivity index (χ0) is 21.8. The van der Waals surface area contributed by atoms with Crippen molar-refractivity contribution in [3.63, 3.8) is 0 Å². The molecule has 7 nitrogen and oxygen atoms in total. The summed E-state index contributed by atoms with van der Waals surface area (Å²) in [5.74, 6) is 0.783. The maximum Gasteiger partial charge on any atom is 0.284 e. The summed E-state index contributed by atoms with van der Waals surface area (Å²) >= 11 is 1.43. The van der Waals surface area contributed by atoms with Gasteiger partial charge in [-0.05, 0) is 44.2 Å². The van der Waals surface area contributed by atoms with Crippen LogP contribution in [0.3, 0.4) is 0 Å². The highest BCUT2D eigenvalue weighted by Gasteiger charge is 2.27. The van der Waals surface area contributed by atoms with Crippen LogP contribution in [-0.4, -0.2) is 37.0 Å². The minimum Gasteiger partial charge on any atom is -0.353 e. The molecule has 0 aromatic heterocycles. The van der Waals surface area contributed by atoms with Gasteiger partial charge in [-0.3, -0.25) is 9.59 Å². The van der Waals surface area contributed by atoms with Gasteiger partial charge in [0.25, 0.3) is 5.56 Å². The van der Waals surface area contributed by atoms with Gasteiger partial charge in [-0.2, -0.15) is 4.68 Å². The molecule has 1 aromatic carbocycles. The molecule has 0 unspecified atom stereocenters. The van der Waals surface area contributed by atoms with Crippen LogP contribution in [0.5, 0.6) is 0 Å². The predicted octanol–water partition coefficient (Wildman–Crippen LogP) is 3.66. The lowest BCUT2D eigenvalue weighted by Gasteiger charge is -2.18. The molecule has 4 rings (SSSR count). The van der Waals surface area contributed by atoms with Crippen LogP contribution in [0.1, 0.15) is 51.6 Å². The van der Waals surface area contributed by atoms with Crippen LogP contribution < -0.4 is 10.9 Å². The maximum absolute atomic E-state index is 13.3. The van der Waals surface area contributed by atoms with Crippen LogP contribution >= 0.6 is 11.8 Å². The monoisotopic (exact) mass is 439 g/mol. The van der Waals surface area contributed by atoms with Crippen molar-refractivity contribution in [1.82, 2.24) is 24.6 Å². The van der Waals surface area contributed by atoms with E-state index in [4.69, 9.17) is 4.98 Å². The van der Waals surface area contributed by atoms with Gasteiger partial charge in [-0.1, -0.05) is 50.2 Å². The van der Waals surface area contributed by atoms with E-state index in [0.717, 1.165) is 61.6 Å². The minimum atomic E-state index is -0.123. The standard InChI is InChI=1S/C23H29N5O2S/c1-3-16(4-2)24-19(29)15-31-23-25-21-20(18-13-9-6-10-14-27(18)23)22(30)28(26-21)17-11-7-5-8-12-17/h5,7-8,11-12,16H,3-4,6,9-10,13-15H2,1-2H3,(H,24,29). The summed E-state index contributed by atoms with van der Waals surface area (Å²) in [7, 11) is 0. The van der Waals surface area contributed by atoms with Crippen molar-refractivity contribution in [2.24, 2.45) is 0 Å². The molecule has 0 radical (unpaired) electrons. The van der Waals surface area contributed by atoms with Crippen LogP contribution in [0.15, 0.2) is 40.3 Å². The lowest BCUT2D eigenvalue weighted by molar-refractivity contribution is -0.119. The molecule has 1 amide bonds. The molecule has 3 heterocycles. The lowest BCUT2D eigenvalue weighted by Crippen LogP contribution is -2.35. The first-order valence-corrected chi connectivity index (χ1v) is 12.1. The SMILES string of the molecule is CCC(CC)NC(=O)CSc1nc2nn(-c3ccccc3)c(=O)c-2c2n1CCCCC2. The van der Waals surface area contributed by atoms with Crippen molar-refractivity contribution in [1.29, 1.82) is 0 Å². The Kier molecular flexibility index (Phi) is 6.75. The molecule has 3 aliphatic rings. The summed E-state index contributed by atoms with van der Waals surface area (Å²) in [6.07, 6.45) is 5.86. The molecule has 0 bridgehead atoms. The van der Waals surface area contributed by atoms with Crippen molar-refractivity contribution < 1.29 is 4.79 Å². The number of rotatable bonds is 7. The third-order valence-electron chi connectivity index (χ3n) is 5.85. The van der Waals surface area contributed by atoms with Crippen LogP contribution in [0.2, 0.25) is 0 Å². The third-order valence-corrected chi connectivity index (χ3v) is 6.83. The predicted molar refractivity (Wildman–Crippen MR) is 123 cm³/mol. The first kappa shape index (κ1) is 21.6. The third kappa shape index (κ3) is 4.54. The Morgan fingerprint density at radius 2 is 1.94 bits per heavy atom. The van der Waals surface area contributed by atoms with E-state index in [1.54, 1.807) is 0 Å². The lowest BCUT2D eigenvalue weighted by atomic mass is 10.1. The highest BCUT2D eigenvalue weighted by molar-refractivity contribution is 7.99. The number of aromatic nitrogens is 4. The fraction of sp³-hybridized carbons (Fsp3) is 0.478. The van der Waals surface area contributed by atoms with Gasteiger partial charge in [-0.25, -0.2) is 4.98 Å². The van der Waals surface area contributed by atoms with Crippen LogP contribution in [0.4, 0.5) is 0 Å². The summed E-state index contributed by atoms with van der Waals surface area (Å²) in [4.78, 5) is 30.4. The summed E-state index contributed by atoms with van der Waals surface area (Å²) < 4.78 is 3.58. The number of amides is 1. The van der Waals surface area contributed by atoms with Crippen LogP contribution in [-0.2, 0) is 17.8 Å². The molecular formula is C23H29N5O2S. The Morgan fingerprint density at radius 1 is 1.16 bits per heavy atom. The largest absolute Gasteiger partial charge is 0.353 e. The van der Waals surface area contributed by atoms with Crippen LogP contribution in [0, 0.1) is 0 Å². The Hall–Kier alpha value is -2.61. The summed E-state index contributed by atoms with van der Waals surface area (Å²) in [5.41, 5.74) is 2.22. The summed E-state index contributed by atoms with van der Waals surface area (Å²) in [5, 5.41) is 8.40. The van der Waals surface area contributed by atoms with Crippen molar-refractivity contribution in [2.75, 3.05) is 5.75 Å². The van der Waals surface area contributed by atoms with E-state index in [-0.39, 0.29) is 17.5 Å². The topological polar surface area (TPSA) is 81.8 Å². The van der Waals surface area contributed by atoms with E-state index in [9.17, 15) is 9.59 Å². The number of carbonyl (C=O) groups is 1. The first-order valence-electron chi connectivity index (χ1n) is 11.1. The Morgan fingerprint density at radius 3 is 2.68 bits per heavy atom. The molecule has 0 aliphatic carbocycles. The fourth-order valence-corrected chi connectivity index (χ4v) is 4.95. The molecule has 164 valence electrons. The van der Waals surface area contributed by atoms with Gasteiger partial charge in [-0.15, -0.1) is 5.10 Å². The Labute approximate surface area is 186 Å². The Bertz CT molecular complexity index is 1070. The Balaban J connectivity index is 1.71.